The van der Waals surface area contributed by atoms with E-state index < -0.39 is 10.0 Å². The van der Waals surface area contributed by atoms with Crippen LogP contribution in [0, 0.1) is 0 Å². The van der Waals surface area contributed by atoms with Gasteiger partial charge in [0, 0.05) is 50.7 Å². The number of nitrogens with zero attached hydrogens (tertiary/aromatic N) is 5. The number of halogens is 1. The quantitative estimate of drug-likeness (QED) is 0.499. The van der Waals surface area contributed by atoms with Gasteiger partial charge in [-0.3, -0.25) is 4.90 Å². The normalized spacial score (nSPS) is 19.3. The summed E-state index contributed by atoms with van der Waals surface area (Å²) in [5, 5.41) is 3.07. The second-order valence-electron chi connectivity index (χ2n) is 7.46. The van der Waals surface area contributed by atoms with Crippen LogP contribution in [-0.2, 0) is 21.3 Å². The minimum atomic E-state index is -3.38. The Bertz CT molecular complexity index is 1150. The van der Waals surface area contributed by atoms with E-state index in [2.05, 4.69) is 25.8 Å². The molecule has 0 atom stereocenters. The SMILES string of the molecule is O=S(=O)(c1cccs1)N1CCN(Cc2cc3c(N4CCOCC4)nc(Cl)nc3s2)CC1. The summed E-state index contributed by atoms with van der Waals surface area (Å²) < 4.78 is 32.9. The van der Waals surface area contributed by atoms with Crippen LogP contribution in [0.3, 0.4) is 0 Å². The van der Waals surface area contributed by atoms with Gasteiger partial charge in [0.1, 0.15) is 14.9 Å². The molecule has 0 unspecified atom stereocenters. The first kappa shape index (κ1) is 21.5. The molecule has 0 spiro atoms. The highest BCUT2D eigenvalue weighted by atomic mass is 35.5. The fourth-order valence-electron chi connectivity index (χ4n) is 3.91. The molecule has 0 amide bonds. The molecule has 12 heteroatoms. The second kappa shape index (κ2) is 8.89. The largest absolute Gasteiger partial charge is 0.378 e. The highest BCUT2D eigenvalue weighted by molar-refractivity contribution is 7.91. The van der Waals surface area contributed by atoms with Gasteiger partial charge in [-0.2, -0.15) is 9.29 Å². The molecule has 2 aliphatic rings. The first-order valence-corrected chi connectivity index (χ1v) is 13.6. The number of sulfonamides is 1. The van der Waals surface area contributed by atoms with E-state index in [1.165, 1.54) is 16.2 Å². The van der Waals surface area contributed by atoms with E-state index in [9.17, 15) is 8.42 Å². The molecule has 2 fully saturated rings. The van der Waals surface area contributed by atoms with Gasteiger partial charge in [0.05, 0.1) is 18.6 Å². The maximum absolute atomic E-state index is 12.7. The van der Waals surface area contributed by atoms with Crippen molar-refractivity contribution in [2.24, 2.45) is 0 Å². The minimum Gasteiger partial charge on any atom is -0.378 e. The minimum absolute atomic E-state index is 0.259. The molecule has 0 N–H and O–H groups in total. The number of anilines is 1. The van der Waals surface area contributed by atoms with Crippen LogP contribution in [0.2, 0.25) is 5.28 Å². The Labute approximate surface area is 194 Å². The lowest BCUT2D eigenvalue weighted by Crippen LogP contribution is -2.47. The Morgan fingerprint density at radius 3 is 2.58 bits per heavy atom. The number of rotatable bonds is 5. The molecule has 0 bridgehead atoms. The summed E-state index contributed by atoms with van der Waals surface area (Å²) in [6.45, 7) is 6.07. The van der Waals surface area contributed by atoms with Gasteiger partial charge in [0.25, 0.3) is 10.0 Å². The third-order valence-electron chi connectivity index (χ3n) is 5.51. The van der Waals surface area contributed by atoms with Crippen molar-refractivity contribution in [3.05, 3.63) is 33.7 Å². The zero-order chi connectivity index (χ0) is 21.4. The van der Waals surface area contributed by atoms with Crippen LogP contribution >= 0.6 is 34.3 Å². The molecule has 0 saturated carbocycles. The van der Waals surface area contributed by atoms with Gasteiger partial charge in [-0.05, 0) is 29.1 Å². The van der Waals surface area contributed by atoms with E-state index in [0.29, 0.717) is 43.6 Å². The molecule has 2 aliphatic heterocycles. The summed E-state index contributed by atoms with van der Waals surface area (Å²) >= 11 is 9.09. The number of thiophene rings is 2. The van der Waals surface area contributed by atoms with E-state index in [1.807, 2.05) is 0 Å². The molecule has 5 heterocycles. The van der Waals surface area contributed by atoms with Gasteiger partial charge in [0.15, 0.2) is 0 Å². The van der Waals surface area contributed by atoms with E-state index in [0.717, 1.165) is 35.7 Å². The zero-order valence-corrected chi connectivity index (χ0v) is 19.9. The van der Waals surface area contributed by atoms with Gasteiger partial charge in [-0.25, -0.2) is 13.4 Å². The van der Waals surface area contributed by atoms with Crippen LogP contribution in [0.5, 0.6) is 0 Å². The molecular weight excluding hydrogens is 478 g/mol. The molecule has 3 aromatic rings. The predicted octanol–water partition coefficient (Wildman–Crippen LogP) is 2.75. The Balaban J connectivity index is 1.29. The number of hydrogen-bond acceptors (Lipinski definition) is 9. The fraction of sp³-hybridized carbons (Fsp3) is 0.474. The number of aromatic nitrogens is 2. The summed E-state index contributed by atoms with van der Waals surface area (Å²) in [4.78, 5) is 15.5. The van der Waals surface area contributed by atoms with Gasteiger partial charge >= 0.3 is 0 Å². The number of piperazine rings is 1. The van der Waals surface area contributed by atoms with Crippen LogP contribution in [0.1, 0.15) is 4.88 Å². The van der Waals surface area contributed by atoms with Gasteiger partial charge in [0.2, 0.25) is 5.28 Å². The maximum Gasteiger partial charge on any atom is 0.252 e. The lowest BCUT2D eigenvalue weighted by Gasteiger charge is -2.33. The Kier molecular flexibility index (Phi) is 6.17. The second-order valence-corrected chi connectivity index (χ2v) is 12.0. The van der Waals surface area contributed by atoms with E-state index in [4.69, 9.17) is 16.3 Å². The monoisotopic (exact) mass is 499 g/mol. The molecule has 0 aliphatic carbocycles. The summed E-state index contributed by atoms with van der Waals surface area (Å²) in [5.74, 6) is 0.868. The van der Waals surface area contributed by atoms with Crippen LogP contribution in [0.4, 0.5) is 5.82 Å². The zero-order valence-electron chi connectivity index (χ0n) is 16.7. The van der Waals surface area contributed by atoms with Gasteiger partial charge in [-0.15, -0.1) is 22.7 Å². The molecule has 3 aromatic heterocycles. The average Bonchev–Trinajstić information content (AvgIpc) is 3.44. The molecular formula is C19H22ClN5O3S3. The summed E-state index contributed by atoms with van der Waals surface area (Å²) in [6.07, 6.45) is 0. The summed E-state index contributed by atoms with van der Waals surface area (Å²) in [6, 6.07) is 5.59. The summed E-state index contributed by atoms with van der Waals surface area (Å²) in [5.41, 5.74) is 0. The first-order chi connectivity index (χ1) is 15.0. The smallest absolute Gasteiger partial charge is 0.252 e. The maximum atomic E-state index is 12.7. The van der Waals surface area contributed by atoms with Crippen molar-refractivity contribution >= 4 is 60.3 Å². The van der Waals surface area contributed by atoms with E-state index in [-0.39, 0.29) is 5.28 Å². The number of fused-ring (bicyclic) bond motifs is 1. The number of ether oxygens (including phenoxy) is 1. The van der Waals surface area contributed by atoms with Crippen molar-refractivity contribution < 1.29 is 13.2 Å². The Hall–Kier alpha value is -1.34. The van der Waals surface area contributed by atoms with Gasteiger partial charge in [-0.1, -0.05) is 6.07 Å². The molecule has 166 valence electrons. The predicted molar refractivity (Wildman–Crippen MR) is 124 cm³/mol. The van der Waals surface area contributed by atoms with Crippen LogP contribution in [-0.4, -0.2) is 80.1 Å². The van der Waals surface area contributed by atoms with E-state index in [1.54, 1.807) is 33.2 Å². The third kappa shape index (κ3) is 4.45. The fourth-order valence-corrected chi connectivity index (χ4v) is 7.76. The molecule has 8 nitrogen and oxygen atoms in total. The van der Waals surface area contributed by atoms with Crippen molar-refractivity contribution in [1.29, 1.82) is 0 Å². The van der Waals surface area contributed by atoms with Crippen LogP contribution < -0.4 is 4.90 Å². The number of morpholine rings is 1. The van der Waals surface area contributed by atoms with Gasteiger partial charge < -0.3 is 9.64 Å². The van der Waals surface area contributed by atoms with Crippen molar-refractivity contribution in [1.82, 2.24) is 19.2 Å². The van der Waals surface area contributed by atoms with Crippen molar-refractivity contribution in [3.8, 4) is 0 Å². The molecule has 5 rings (SSSR count). The first-order valence-electron chi connectivity index (χ1n) is 10.1. The van der Waals surface area contributed by atoms with E-state index >= 15 is 0 Å². The Morgan fingerprint density at radius 2 is 1.87 bits per heavy atom. The third-order valence-corrected chi connectivity index (χ3v) is 9.96. The molecule has 2 saturated heterocycles. The van der Waals surface area contributed by atoms with Crippen molar-refractivity contribution in [2.75, 3.05) is 57.4 Å². The lowest BCUT2D eigenvalue weighted by molar-refractivity contribution is 0.122. The van der Waals surface area contributed by atoms with Crippen molar-refractivity contribution in [3.63, 3.8) is 0 Å². The number of hydrogen-bond donors (Lipinski definition) is 0. The average molecular weight is 500 g/mol. The molecule has 31 heavy (non-hydrogen) atoms. The summed E-state index contributed by atoms with van der Waals surface area (Å²) in [7, 11) is -3.38. The topological polar surface area (TPSA) is 78.9 Å². The molecule has 0 aromatic carbocycles. The standard InChI is InChI=1S/C19H22ClN5O3S3/c20-19-21-17(24-7-9-28-10-8-24)15-12-14(30-18(15)22-19)13-23-3-5-25(6-4-23)31(26,27)16-2-1-11-29-16/h1-2,11-12H,3-10,13H2. The highest BCUT2D eigenvalue weighted by Crippen LogP contribution is 2.33. The van der Waals surface area contributed by atoms with Crippen LogP contribution in [0.25, 0.3) is 10.2 Å². The highest BCUT2D eigenvalue weighted by Gasteiger charge is 2.29. The van der Waals surface area contributed by atoms with Crippen LogP contribution in [0.15, 0.2) is 27.8 Å². The van der Waals surface area contributed by atoms with Crippen molar-refractivity contribution in [2.45, 2.75) is 10.8 Å². The lowest BCUT2D eigenvalue weighted by atomic mass is 10.3. The molecule has 0 radical (unpaired) electrons. The Morgan fingerprint density at radius 1 is 1.10 bits per heavy atom.